The molecule has 1 N–H and O–H groups in total. The number of carbonyl (C=O) groups is 1. The Morgan fingerprint density at radius 2 is 2.11 bits per heavy atom. The molecule has 4 heteroatoms. The molecule has 1 aromatic rings. The van der Waals surface area contributed by atoms with E-state index < -0.39 is 0 Å². The van der Waals surface area contributed by atoms with Gasteiger partial charge in [0.1, 0.15) is 0 Å². The summed E-state index contributed by atoms with van der Waals surface area (Å²) in [4.78, 5) is 12.0. The average molecular weight is 312 g/mol. The van der Waals surface area contributed by atoms with E-state index in [9.17, 15) is 4.79 Å². The van der Waals surface area contributed by atoms with E-state index in [0.29, 0.717) is 25.3 Å². The summed E-state index contributed by atoms with van der Waals surface area (Å²) in [6.07, 6.45) is 0. The molecular weight excluding hydrogens is 294 g/mol. The van der Waals surface area contributed by atoms with Gasteiger partial charge in [-0.25, -0.2) is 0 Å². The second-order valence-corrected chi connectivity index (χ2v) is 6.02. The van der Waals surface area contributed by atoms with E-state index in [4.69, 9.17) is 4.74 Å². The monoisotopic (exact) mass is 311 g/mol. The van der Waals surface area contributed by atoms with Gasteiger partial charge in [0.15, 0.2) is 0 Å². The van der Waals surface area contributed by atoms with Crippen LogP contribution in [0.2, 0.25) is 0 Å². The summed E-state index contributed by atoms with van der Waals surface area (Å²) < 4.78 is 5.34. The van der Waals surface area contributed by atoms with Crippen molar-refractivity contribution < 1.29 is 9.53 Å². The van der Waals surface area contributed by atoms with Gasteiger partial charge >= 0.3 is 0 Å². The third kappa shape index (κ3) is 3.12. The number of alkyl halides is 1. The van der Waals surface area contributed by atoms with Crippen LogP contribution < -0.4 is 5.32 Å². The topological polar surface area (TPSA) is 38.3 Å². The zero-order valence-electron chi connectivity index (χ0n) is 10.8. The van der Waals surface area contributed by atoms with E-state index in [2.05, 4.69) is 35.1 Å². The fourth-order valence-corrected chi connectivity index (χ4v) is 1.98. The quantitative estimate of drug-likeness (QED) is 0.868. The predicted molar refractivity (Wildman–Crippen MR) is 74.8 cm³/mol. The molecule has 2 rings (SSSR count). The maximum absolute atomic E-state index is 12.0. The van der Waals surface area contributed by atoms with E-state index in [0.717, 1.165) is 10.9 Å². The van der Waals surface area contributed by atoms with Crippen LogP contribution in [0.4, 0.5) is 0 Å². The number of benzene rings is 1. The summed E-state index contributed by atoms with van der Waals surface area (Å²) >= 11 is 3.45. The molecule has 1 aromatic carbocycles. The molecule has 0 fully saturated rings. The molecular formula is C14H18BrNO2. The summed E-state index contributed by atoms with van der Waals surface area (Å²) in [5.74, 6) is -0.0151. The van der Waals surface area contributed by atoms with Gasteiger partial charge in [-0.15, -0.1) is 0 Å². The highest BCUT2D eigenvalue weighted by molar-refractivity contribution is 9.09. The van der Waals surface area contributed by atoms with Crippen LogP contribution in [0.5, 0.6) is 0 Å². The minimum Gasteiger partial charge on any atom is -0.372 e. The molecule has 1 heterocycles. The third-order valence-corrected chi connectivity index (χ3v) is 4.59. The lowest BCUT2D eigenvalue weighted by Crippen LogP contribution is -2.34. The lowest BCUT2D eigenvalue weighted by atomic mass is 9.96. The van der Waals surface area contributed by atoms with Crippen LogP contribution >= 0.6 is 15.9 Å². The number of hydrogen-bond donors (Lipinski definition) is 1. The molecule has 0 aliphatic carbocycles. The summed E-state index contributed by atoms with van der Waals surface area (Å²) in [5.41, 5.74) is 3.09. The molecule has 1 amide bonds. The number of carbonyl (C=O) groups excluding carboxylic acids is 1. The lowest BCUT2D eigenvalue weighted by molar-refractivity contribution is 0.0940. The van der Waals surface area contributed by atoms with E-state index in [-0.39, 0.29) is 11.3 Å². The van der Waals surface area contributed by atoms with Gasteiger partial charge in [-0.2, -0.15) is 0 Å². The number of rotatable bonds is 4. The van der Waals surface area contributed by atoms with E-state index >= 15 is 0 Å². The number of fused-ring (bicyclic) bond motifs is 1. The van der Waals surface area contributed by atoms with Gasteiger partial charge in [0.05, 0.1) is 13.2 Å². The zero-order valence-corrected chi connectivity index (χ0v) is 12.3. The van der Waals surface area contributed by atoms with Crippen LogP contribution in [0, 0.1) is 5.41 Å². The maximum atomic E-state index is 12.0. The molecule has 0 radical (unpaired) electrons. The molecule has 18 heavy (non-hydrogen) atoms. The van der Waals surface area contributed by atoms with Gasteiger partial charge < -0.3 is 10.1 Å². The molecule has 1 aliphatic heterocycles. The first-order chi connectivity index (χ1) is 8.52. The Bertz CT molecular complexity index is 457. The van der Waals surface area contributed by atoms with Crippen molar-refractivity contribution in [3.05, 3.63) is 34.9 Å². The summed E-state index contributed by atoms with van der Waals surface area (Å²) in [5, 5.41) is 3.83. The molecule has 0 unspecified atom stereocenters. The second kappa shape index (κ2) is 5.41. The molecule has 0 aromatic heterocycles. The molecule has 0 spiro atoms. The summed E-state index contributed by atoms with van der Waals surface area (Å²) in [7, 11) is 0. The highest BCUT2D eigenvalue weighted by atomic mass is 79.9. The number of hydrogen-bond acceptors (Lipinski definition) is 2. The first kappa shape index (κ1) is 13.6. The lowest BCUT2D eigenvalue weighted by Gasteiger charge is -2.21. The van der Waals surface area contributed by atoms with E-state index in [1.54, 1.807) is 0 Å². The number of halogens is 1. The van der Waals surface area contributed by atoms with Crippen LogP contribution in [0.1, 0.15) is 35.3 Å². The number of nitrogens with one attached hydrogen (secondary N) is 1. The summed E-state index contributed by atoms with van der Waals surface area (Å²) in [6, 6.07) is 5.77. The van der Waals surface area contributed by atoms with Crippen molar-refractivity contribution in [2.75, 3.05) is 11.9 Å². The van der Waals surface area contributed by atoms with Gasteiger partial charge in [0.2, 0.25) is 0 Å². The minimum absolute atomic E-state index is 0.0151. The molecule has 0 saturated carbocycles. The molecule has 98 valence electrons. The van der Waals surface area contributed by atoms with Crippen molar-refractivity contribution in [3.8, 4) is 0 Å². The Morgan fingerprint density at radius 3 is 2.83 bits per heavy atom. The van der Waals surface area contributed by atoms with Crippen LogP contribution in [0.25, 0.3) is 0 Å². The van der Waals surface area contributed by atoms with Crippen molar-refractivity contribution in [2.24, 2.45) is 5.41 Å². The smallest absolute Gasteiger partial charge is 0.251 e. The number of ether oxygens (including phenoxy) is 1. The van der Waals surface area contributed by atoms with Gasteiger partial charge in [-0.1, -0.05) is 35.8 Å². The average Bonchev–Trinajstić information content (AvgIpc) is 2.83. The Kier molecular flexibility index (Phi) is 4.07. The standard InChI is InChI=1S/C14H18BrNO2/c1-14(2,8-15)9-16-13(17)10-3-4-11-6-18-7-12(11)5-10/h3-5H,6-9H2,1-2H3,(H,16,17). The Labute approximate surface area is 116 Å². The van der Waals surface area contributed by atoms with Crippen LogP contribution in [-0.2, 0) is 18.0 Å². The van der Waals surface area contributed by atoms with Crippen LogP contribution in [0.15, 0.2) is 18.2 Å². The summed E-state index contributed by atoms with van der Waals surface area (Å²) in [6.45, 7) is 6.15. The molecule has 0 bridgehead atoms. The predicted octanol–water partition coefficient (Wildman–Crippen LogP) is 2.87. The largest absolute Gasteiger partial charge is 0.372 e. The molecule has 1 aliphatic rings. The van der Waals surface area contributed by atoms with Gasteiger partial charge in [0, 0.05) is 17.4 Å². The fourth-order valence-electron chi connectivity index (χ4n) is 1.78. The SMILES string of the molecule is CC(C)(CBr)CNC(=O)c1ccc2c(c1)COC2. The van der Waals surface area contributed by atoms with Crippen molar-refractivity contribution in [2.45, 2.75) is 27.1 Å². The number of amides is 1. The van der Waals surface area contributed by atoms with Crippen molar-refractivity contribution >= 4 is 21.8 Å². The zero-order chi connectivity index (χ0) is 13.2. The molecule has 0 saturated heterocycles. The van der Waals surface area contributed by atoms with E-state index in [1.165, 1.54) is 5.56 Å². The Hall–Kier alpha value is -0.870. The van der Waals surface area contributed by atoms with Crippen molar-refractivity contribution in [1.82, 2.24) is 5.32 Å². The fraction of sp³-hybridized carbons (Fsp3) is 0.500. The minimum atomic E-state index is -0.0151. The maximum Gasteiger partial charge on any atom is 0.251 e. The first-order valence-corrected chi connectivity index (χ1v) is 7.18. The Morgan fingerprint density at radius 1 is 1.39 bits per heavy atom. The highest BCUT2D eigenvalue weighted by Crippen LogP contribution is 2.21. The highest BCUT2D eigenvalue weighted by Gasteiger charge is 2.19. The Balaban J connectivity index is 2.01. The van der Waals surface area contributed by atoms with Crippen molar-refractivity contribution in [1.29, 1.82) is 0 Å². The van der Waals surface area contributed by atoms with Crippen molar-refractivity contribution in [3.63, 3.8) is 0 Å². The van der Waals surface area contributed by atoms with Gasteiger partial charge in [0.25, 0.3) is 5.91 Å². The van der Waals surface area contributed by atoms with Crippen LogP contribution in [-0.4, -0.2) is 17.8 Å². The first-order valence-electron chi connectivity index (χ1n) is 6.05. The molecule has 0 atom stereocenters. The van der Waals surface area contributed by atoms with E-state index in [1.807, 2.05) is 18.2 Å². The van der Waals surface area contributed by atoms with Gasteiger partial charge in [-0.3, -0.25) is 4.79 Å². The molecule has 3 nitrogen and oxygen atoms in total. The second-order valence-electron chi connectivity index (χ2n) is 5.46. The normalized spacial score (nSPS) is 14.4. The van der Waals surface area contributed by atoms with Gasteiger partial charge in [-0.05, 0) is 28.7 Å². The van der Waals surface area contributed by atoms with Crippen LogP contribution in [0.3, 0.4) is 0 Å². The third-order valence-electron chi connectivity index (χ3n) is 3.07.